The van der Waals surface area contributed by atoms with Gasteiger partial charge in [0.25, 0.3) is 5.91 Å². The highest BCUT2D eigenvalue weighted by Crippen LogP contribution is 2.36. The Kier molecular flexibility index (Phi) is 11.1. The lowest BCUT2D eigenvalue weighted by Crippen LogP contribution is -2.45. The van der Waals surface area contributed by atoms with Crippen LogP contribution in [0.4, 0.5) is 0 Å². The number of pyridine rings is 1. The molecule has 0 bridgehead atoms. The number of amides is 1. The number of carbonyl (C=O) groups excluding carboxylic acids is 3. The quantitative estimate of drug-likeness (QED) is 0.272. The largest absolute Gasteiger partial charge is 0.493 e. The molecule has 1 amide bonds. The van der Waals surface area contributed by atoms with E-state index in [1.807, 2.05) is 0 Å². The van der Waals surface area contributed by atoms with Crippen molar-refractivity contribution >= 4 is 41.0 Å². The summed E-state index contributed by atoms with van der Waals surface area (Å²) in [6.07, 6.45) is 4.25. The van der Waals surface area contributed by atoms with E-state index in [0.717, 1.165) is 25.7 Å². The van der Waals surface area contributed by atoms with Gasteiger partial charge in [-0.1, -0.05) is 36.0 Å². The van der Waals surface area contributed by atoms with Crippen molar-refractivity contribution in [2.75, 3.05) is 13.9 Å². The molecule has 39 heavy (non-hydrogen) atoms. The van der Waals surface area contributed by atoms with Gasteiger partial charge in [0.05, 0.1) is 12.1 Å². The van der Waals surface area contributed by atoms with Crippen LogP contribution in [0.25, 0.3) is 0 Å². The van der Waals surface area contributed by atoms with E-state index in [4.69, 9.17) is 46.9 Å². The molecule has 1 aliphatic carbocycles. The van der Waals surface area contributed by atoms with Crippen LogP contribution in [0.3, 0.4) is 0 Å². The van der Waals surface area contributed by atoms with E-state index in [-0.39, 0.29) is 23.1 Å². The Balaban J connectivity index is 1.68. The SMILES string of the molecule is COc1ccnc(C(=O)N[C@@H](C)C(=O)O[C@@H](C)[C@H](Oc2ccc(Cl)cc2Cl)C2CCCC2)c1OCOC(C)=O. The van der Waals surface area contributed by atoms with Crippen LogP contribution in [0.1, 0.15) is 56.9 Å². The lowest BCUT2D eigenvalue weighted by atomic mass is 9.96. The summed E-state index contributed by atoms with van der Waals surface area (Å²) in [4.78, 5) is 41.1. The third-order valence-corrected chi connectivity index (χ3v) is 6.79. The Morgan fingerprint density at radius 3 is 2.46 bits per heavy atom. The number of aromatic nitrogens is 1. The number of hydrogen-bond acceptors (Lipinski definition) is 9. The van der Waals surface area contributed by atoms with Crippen LogP contribution in [0.2, 0.25) is 10.0 Å². The minimum absolute atomic E-state index is 0.0396. The number of hydrogen-bond donors (Lipinski definition) is 1. The summed E-state index contributed by atoms with van der Waals surface area (Å²) < 4.78 is 27.4. The molecule has 1 aromatic heterocycles. The second-order valence-corrected chi connectivity index (χ2v) is 9.97. The molecule has 212 valence electrons. The lowest BCUT2D eigenvalue weighted by Gasteiger charge is -2.31. The number of ether oxygens (including phenoxy) is 5. The van der Waals surface area contributed by atoms with Gasteiger partial charge in [0.15, 0.2) is 17.2 Å². The van der Waals surface area contributed by atoms with Crippen LogP contribution < -0.4 is 19.5 Å². The van der Waals surface area contributed by atoms with Crippen LogP contribution in [0, 0.1) is 5.92 Å². The van der Waals surface area contributed by atoms with Crippen molar-refractivity contribution < 1.29 is 38.1 Å². The maximum Gasteiger partial charge on any atom is 0.328 e. The van der Waals surface area contributed by atoms with Gasteiger partial charge in [0.2, 0.25) is 6.79 Å². The molecule has 2 aromatic rings. The molecule has 0 saturated heterocycles. The van der Waals surface area contributed by atoms with Gasteiger partial charge >= 0.3 is 11.9 Å². The van der Waals surface area contributed by atoms with Crippen molar-refractivity contribution in [1.29, 1.82) is 0 Å². The van der Waals surface area contributed by atoms with Crippen LogP contribution >= 0.6 is 23.2 Å². The molecule has 1 fully saturated rings. The van der Waals surface area contributed by atoms with Gasteiger partial charge in [-0.25, -0.2) is 9.78 Å². The molecule has 1 aliphatic rings. The number of methoxy groups -OCH3 is 1. The Labute approximate surface area is 237 Å². The minimum atomic E-state index is -1.03. The monoisotopic (exact) mass is 582 g/mol. The van der Waals surface area contributed by atoms with E-state index >= 15 is 0 Å². The second-order valence-electron chi connectivity index (χ2n) is 9.13. The molecule has 1 heterocycles. The number of nitrogens with zero attached hydrogens (tertiary/aromatic N) is 1. The first-order valence-corrected chi connectivity index (χ1v) is 13.3. The fraction of sp³-hybridized carbons (Fsp3) is 0.481. The molecule has 0 spiro atoms. The van der Waals surface area contributed by atoms with Gasteiger partial charge in [-0.05, 0) is 50.8 Å². The third-order valence-electron chi connectivity index (χ3n) is 6.26. The zero-order chi connectivity index (χ0) is 28.5. The predicted molar refractivity (Wildman–Crippen MR) is 143 cm³/mol. The summed E-state index contributed by atoms with van der Waals surface area (Å²) in [5.74, 6) is -1.15. The smallest absolute Gasteiger partial charge is 0.328 e. The van der Waals surface area contributed by atoms with Crippen LogP contribution in [0.15, 0.2) is 30.5 Å². The van der Waals surface area contributed by atoms with Gasteiger partial charge in [0, 0.05) is 24.2 Å². The van der Waals surface area contributed by atoms with Crippen molar-refractivity contribution in [2.24, 2.45) is 5.92 Å². The Bertz CT molecular complexity index is 1170. The fourth-order valence-corrected chi connectivity index (χ4v) is 4.77. The van der Waals surface area contributed by atoms with E-state index in [0.29, 0.717) is 15.8 Å². The van der Waals surface area contributed by atoms with E-state index in [9.17, 15) is 14.4 Å². The average Bonchev–Trinajstić information content (AvgIpc) is 3.42. The Morgan fingerprint density at radius 2 is 1.82 bits per heavy atom. The molecule has 0 radical (unpaired) electrons. The molecule has 3 rings (SSSR count). The van der Waals surface area contributed by atoms with Crippen molar-refractivity contribution in [3.05, 3.63) is 46.2 Å². The summed E-state index contributed by atoms with van der Waals surface area (Å²) in [7, 11) is 1.39. The number of nitrogens with one attached hydrogen (secondary N) is 1. The van der Waals surface area contributed by atoms with E-state index in [1.165, 1.54) is 33.2 Å². The first kappa shape index (κ1) is 30.3. The van der Waals surface area contributed by atoms with Crippen LogP contribution in [-0.4, -0.2) is 55.0 Å². The van der Waals surface area contributed by atoms with E-state index in [2.05, 4.69) is 10.3 Å². The second kappa shape index (κ2) is 14.2. The third kappa shape index (κ3) is 8.37. The summed E-state index contributed by atoms with van der Waals surface area (Å²) in [6, 6.07) is 5.41. The summed E-state index contributed by atoms with van der Waals surface area (Å²) in [5, 5.41) is 3.42. The molecular weight excluding hydrogens is 551 g/mol. The van der Waals surface area contributed by atoms with Gasteiger partial charge < -0.3 is 29.0 Å². The minimum Gasteiger partial charge on any atom is -0.493 e. The fourth-order valence-electron chi connectivity index (χ4n) is 4.32. The van der Waals surface area contributed by atoms with Gasteiger partial charge in [0.1, 0.15) is 24.0 Å². The van der Waals surface area contributed by atoms with Gasteiger partial charge in [-0.15, -0.1) is 0 Å². The van der Waals surface area contributed by atoms with E-state index < -0.39 is 42.9 Å². The van der Waals surface area contributed by atoms with Crippen molar-refractivity contribution in [1.82, 2.24) is 10.3 Å². The molecule has 3 atom stereocenters. The van der Waals surface area contributed by atoms with Crippen molar-refractivity contribution in [2.45, 2.75) is 64.7 Å². The summed E-state index contributed by atoms with van der Waals surface area (Å²) in [6.45, 7) is 4.02. The van der Waals surface area contributed by atoms with Gasteiger partial charge in [-0.3, -0.25) is 9.59 Å². The standard InChI is InChI=1S/C27H32Cl2N2O8/c1-15(31-26(33)23-25(37-14-36-17(3)32)22(35-4)11-12-30-23)27(34)38-16(2)24(18-7-5-6-8-18)39-21-10-9-19(28)13-20(21)29/h9-13,15-16,18,24H,5-8,14H2,1-4H3,(H,31,33)/t15-,16-,24-/m0/s1. The topological polar surface area (TPSA) is 122 Å². The summed E-state index contributed by atoms with van der Waals surface area (Å²) in [5.41, 5.74) is -0.154. The average molecular weight is 583 g/mol. The molecule has 1 aromatic carbocycles. The van der Waals surface area contributed by atoms with Crippen LogP contribution in [-0.2, 0) is 19.1 Å². The number of benzene rings is 1. The maximum atomic E-state index is 13.0. The highest BCUT2D eigenvalue weighted by atomic mass is 35.5. The normalized spacial score (nSPS) is 15.5. The van der Waals surface area contributed by atoms with E-state index in [1.54, 1.807) is 25.1 Å². The molecule has 10 nitrogen and oxygen atoms in total. The number of rotatable bonds is 12. The lowest BCUT2D eigenvalue weighted by molar-refractivity contribution is -0.156. The maximum absolute atomic E-state index is 13.0. The molecule has 1 saturated carbocycles. The predicted octanol–water partition coefficient (Wildman–Crippen LogP) is 4.98. The number of esters is 2. The van der Waals surface area contributed by atoms with Crippen molar-refractivity contribution in [3.63, 3.8) is 0 Å². The first-order valence-electron chi connectivity index (χ1n) is 12.5. The highest BCUT2D eigenvalue weighted by Gasteiger charge is 2.35. The van der Waals surface area contributed by atoms with Crippen LogP contribution in [0.5, 0.6) is 17.2 Å². The number of halogens is 2. The first-order chi connectivity index (χ1) is 18.6. The van der Waals surface area contributed by atoms with Gasteiger partial charge in [-0.2, -0.15) is 0 Å². The molecular formula is C27H32Cl2N2O8. The Morgan fingerprint density at radius 1 is 1.10 bits per heavy atom. The molecule has 12 heteroatoms. The highest BCUT2D eigenvalue weighted by molar-refractivity contribution is 6.35. The number of carbonyl (C=O) groups is 3. The Hall–Kier alpha value is -3.24. The molecule has 0 aliphatic heterocycles. The molecule has 1 N–H and O–H groups in total. The molecule has 0 unspecified atom stereocenters. The zero-order valence-electron chi connectivity index (χ0n) is 22.2. The zero-order valence-corrected chi connectivity index (χ0v) is 23.7. The summed E-state index contributed by atoms with van der Waals surface area (Å²) >= 11 is 12.3. The van der Waals surface area contributed by atoms with Crippen molar-refractivity contribution in [3.8, 4) is 17.2 Å².